The fourth-order valence-electron chi connectivity index (χ4n) is 7.68. The largest absolute Gasteiger partial charge is 0.462 e. The summed E-state index contributed by atoms with van der Waals surface area (Å²) < 4.78 is 16.8. The number of carbonyl (C=O) groups is 3. The maximum absolute atomic E-state index is 12.9. The highest BCUT2D eigenvalue weighted by Gasteiger charge is 2.19. The molecule has 0 N–H and O–H groups in total. The maximum atomic E-state index is 12.9. The molecule has 69 heavy (non-hydrogen) atoms. The number of allylic oxidation sites excluding steroid dienone is 16. The molecule has 0 radical (unpaired) electrons. The van der Waals surface area contributed by atoms with Crippen LogP contribution in [0.25, 0.3) is 0 Å². The highest BCUT2D eigenvalue weighted by atomic mass is 16.6. The van der Waals surface area contributed by atoms with Crippen LogP contribution in [0, 0.1) is 0 Å². The van der Waals surface area contributed by atoms with Crippen LogP contribution in [0.3, 0.4) is 0 Å². The van der Waals surface area contributed by atoms with Gasteiger partial charge < -0.3 is 14.2 Å². The SMILES string of the molecule is CCCCC/C=C\C/C=C\C/C=C\C/C=C\C/C=C\CCC(=O)OC[C@H](COC(=O)CCCCCCC/C=C\CCCCCCCC)OC(=O)CCCCCCCCC/C=C\C/C=C\CCCCC. The summed E-state index contributed by atoms with van der Waals surface area (Å²) in [7, 11) is 0. The lowest BCUT2D eigenvalue weighted by molar-refractivity contribution is -0.166. The molecule has 0 bridgehead atoms. The highest BCUT2D eigenvalue weighted by Crippen LogP contribution is 2.14. The minimum atomic E-state index is -0.816. The van der Waals surface area contributed by atoms with E-state index < -0.39 is 6.10 Å². The summed E-state index contributed by atoms with van der Waals surface area (Å²) in [6.45, 7) is 6.51. The Kier molecular flexibility index (Phi) is 53.9. The molecule has 0 heterocycles. The molecule has 0 saturated heterocycles. The molecular formula is C63H106O6. The first-order valence-corrected chi connectivity index (χ1v) is 28.7. The van der Waals surface area contributed by atoms with E-state index in [1.807, 2.05) is 6.08 Å². The standard InChI is InChI=1S/C63H106O6/c1-4-7-10-13-16-19-22-25-28-30-31-33-35-38-41-44-47-50-53-56-62(65)68-59-60(58-67-61(64)55-52-49-46-43-40-37-34-27-24-21-18-15-12-9-6-3)69-63(66)57-54-51-48-45-42-39-36-32-29-26-23-20-17-14-11-8-5-2/h16-17,19-20,25-29,31,33-34,38,41,47,50,60H,4-15,18,21-24,30,32,35-37,39-40,42-46,48-49,51-59H2,1-3H3/b19-16-,20-17-,28-25-,29-26-,33-31-,34-27-,41-38-,50-47-/t60-/m0/s1. The van der Waals surface area contributed by atoms with E-state index in [0.29, 0.717) is 19.3 Å². The van der Waals surface area contributed by atoms with Gasteiger partial charge in [-0.15, -0.1) is 0 Å². The molecule has 6 nitrogen and oxygen atoms in total. The number of unbranched alkanes of at least 4 members (excludes halogenated alkanes) is 24. The molecule has 0 aliphatic rings. The molecule has 0 unspecified atom stereocenters. The second-order valence-electron chi connectivity index (χ2n) is 18.8. The topological polar surface area (TPSA) is 78.9 Å². The van der Waals surface area contributed by atoms with Crippen LogP contribution in [-0.4, -0.2) is 37.2 Å². The minimum absolute atomic E-state index is 0.108. The van der Waals surface area contributed by atoms with Crippen LogP contribution in [0.1, 0.15) is 265 Å². The van der Waals surface area contributed by atoms with Gasteiger partial charge in [0.05, 0.1) is 0 Å². The summed E-state index contributed by atoms with van der Waals surface area (Å²) in [5.41, 5.74) is 0. The van der Waals surface area contributed by atoms with Crippen molar-refractivity contribution in [3.63, 3.8) is 0 Å². The van der Waals surface area contributed by atoms with Gasteiger partial charge in [-0.1, -0.05) is 227 Å². The van der Waals surface area contributed by atoms with E-state index in [-0.39, 0.29) is 37.5 Å². The van der Waals surface area contributed by atoms with Gasteiger partial charge in [0.2, 0.25) is 0 Å². The summed E-state index contributed by atoms with van der Waals surface area (Å²) in [5.74, 6) is -1.01. The van der Waals surface area contributed by atoms with Crippen molar-refractivity contribution in [2.75, 3.05) is 13.2 Å². The van der Waals surface area contributed by atoms with Gasteiger partial charge in [0.1, 0.15) is 13.2 Å². The molecule has 6 heteroatoms. The molecule has 0 spiro atoms. The molecule has 0 saturated carbocycles. The summed E-state index contributed by atoms with van der Waals surface area (Å²) in [6.07, 6.45) is 75.4. The third-order valence-corrected chi connectivity index (χ3v) is 12.0. The molecule has 0 amide bonds. The van der Waals surface area contributed by atoms with Crippen LogP contribution < -0.4 is 0 Å². The summed E-state index contributed by atoms with van der Waals surface area (Å²) in [6, 6.07) is 0. The van der Waals surface area contributed by atoms with Gasteiger partial charge in [-0.3, -0.25) is 14.4 Å². The summed E-state index contributed by atoms with van der Waals surface area (Å²) >= 11 is 0. The lowest BCUT2D eigenvalue weighted by atomic mass is 10.1. The van der Waals surface area contributed by atoms with E-state index in [0.717, 1.165) is 89.9 Å². The Balaban J connectivity index is 4.52. The third-order valence-electron chi connectivity index (χ3n) is 12.0. The van der Waals surface area contributed by atoms with Gasteiger partial charge in [0, 0.05) is 19.3 Å². The quantitative estimate of drug-likeness (QED) is 0.0262. The predicted octanol–water partition coefficient (Wildman–Crippen LogP) is 19.3. The molecule has 0 aromatic rings. The molecule has 0 rings (SSSR count). The first kappa shape index (κ1) is 65.3. The van der Waals surface area contributed by atoms with Crippen molar-refractivity contribution >= 4 is 17.9 Å². The van der Waals surface area contributed by atoms with Gasteiger partial charge in [-0.05, 0) is 116 Å². The van der Waals surface area contributed by atoms with Crippen molar-refractivity contribution in [2.24, 2.45) is 0 Å². The second kappa shape index (κ2) is 56.9. The minimum Gasteiger partial charge on any atom is -0.462 e. The van der Waals surface area contributed by atoms with E-state index in [1.165, 1.54) is 128 Å². The first-order chi connectivity index (χ1) is 34.0. The van der Waals surface area contributed by atoms with Crippen LogP contribution >= 0.6 is 0 Å². The Labute approximate surface area is 426 Å². The predicted molar refractivity (Wildman–Crippen MR) is 297 cm³/mol. The van der Waals surface area contributed by atoms with Crippen LogP contribution in [0.2, 0.25) is 0 Å². The Bertz CT molecular complexity index is 1380. The molecule has 1 atom stereocenters. The van der Waals surface area contributed by atoms with E-state index >= 15 is 0 Å². The van der Waals surface area contributed by atoms with Gasteiger partial charge in [0.25, 0.3) is 0 Å². The van der Waals surface area contributed by atoms with Gasteiger partial charge >= 0.3 is 17.9 Å². The second-order valence-corrected chi connectivity index (χ2v) is 18.8. The smallest absolute Gasteiger partial charge is 0.306 e. The first-order valence-electron chi connectivity index (χ1n) is 28.7. The molecular weight excluding hydrogens is 853 g/mol. The Morgan fingerprint density at radius 1 is 0.290 bits per heavy atom. The van der Waals surface area contributed by atoms with Crippen molar-refractivity contribution in [3.8, 4) is 0 Å². The Morgan fingerprint density at radius 3 is 0.942 bits per heavy atom. The molecule has 0 aliphatic heterocycles. The van der Waals surface area contributed by atoms with Crippen LogP contribution in [-0.2, 0) is 28.6 Å². The number of carbonyl (C=O) groups excluding carboxylic acids is 3. The van der Waals surface area contributed by atoms with Gasteiger partial charge in [-0.2, -0.15) is 0 Å². The molecule has 0 aromatic heterocycles. The van der Waals surface area contributed by atoms with Crippen LogP contribution in [0.4, 0.5) is 0 Å². The van der Waals surface area contributed by atoms with Crippen molar-refractivity contribution < 1.29 is 28.6 Å². The molecule has 0 aliphatic carbocycles. The summed E-state index contributed by atoms with van der Waals surface area (Å²) in [4.78, 5) is 38.1. The summed E-state index contributed by atoms with van der Waals surface area (Å²) in [5, 5.41) is 0. The van der Waals surface area contributed by atoms with Gasteiger partial charge in [-0.25, -0.2) is 0 Å². The highest BCUT2D eigenvalue weighted by molar-refractivity contribution is 5.71. The fourth-order valence-corrected chi connectivity index (χ4v) is 7.68. The van der Waals surface area contributed by atoms with Gasteiger partial charge in [0.15, 0.2) is 6.10 Å². The van der Waals surface area contributed by atoms with Crippen molar-refractivity contribution in [1.29, 1.82) is 0 Å². The number of hydrogen-bond acceptors (Lipinski definition) is 6. The Hall–Kier alpha value is -3.67. The Morgan fingerprint density at radius 2 is 0.551 bits per heavy atom. The zero-order valence-corrected chi connectivity index (χ0v) is 45.0. The molecule has 394 valence electrons. The van der Waals surface area contributed by atoms with E-state index in [4.69, 9.17) is 14.2 Å². The van der Waals surface area contributed by atoms with Crippen LogP contribution in [0.5, 0.6) is 0 Å². The van der Waals surface area contributed by atoms with Crippen molar-refractivity contribution in [1.82, 2.24) is 0 Å². The molecule has 0 aromatic carbocycles. The number of ether oxygens (including phenoxy) is 3. The van der Waals surface area contributed by atoms with Crippen LogP contribution in [0.15, 0.2) is 97.2 Å². The van der Waals surface area contributed by atoms with E-state index in [2.05, 4.69) is 112 Å². The lowest BCUT2D eigenvalue weighted by Crippen LogP contribution is -2.30. The zero-order valence-electron chi connectivity index (χ0n) is 45.0. The number of esters is 3. The van der Waals surface area contributed by atoms with E-state index in [1.54, 1.807) is 0 Å². The molecule has 0 fully saturated rings. The van der Waals surface area contributed by atoms with Crippen molar-refractivity contribution in [2.45, 2.75) is 271 Å². The number of rotatable bonds is 51. The van der Waals surface area contributed by atoms with E-state index in [9.17, 15) is 14.4 Å². The third kappa shape index (κ3) is 55.1. The maximum Gasteiger partial charge on any atom is 0.306 e. The lowest BCUT2D eigenvalue weighted by Gasteiger charge is -2.18. The average molecular weight is 960 g/mol. The average Bonchev–Trinajstić information content (AvgIpc) is 3.35. The fraction of sp³-hybridized carbons (Fsp3) is 0.698. The zero-order chi connectivity index (χ0) is 50.0. The monoisotopic (exact) mass is 959 g/mol. The number of hydrogen-bond donors (Lipinski definition) is 0. The van der Waals surface area contributed by atoms with Crippen molar-refractivity contribution in [3.05, 3.63) is 97.2 Å². The normalized spacial score (nSPS) is 12.8.